The number of benzene rings is 12. The first-order valence-electron chi connectivity index (χ1n) is 45.6. The molecule has 2 aliphatic rings. The van der Waals surface area contributed by atoms with Gasteiger partial charge in [0.25, 0.3) is 5.92 Å². The third kappa shape index (κ3) is 32.6. The maximum Gasteiger partial charge on any atom is 0.266 e. The fourth-order valence-electron chi connectivity index (χ4n) is 15.5. The van der Waals surface area contributed by atoms with Gasteiger partial charge >= 0.3 is 0 Å². The molecule has 16 aromatic rings. The van der Waals surface area contributed by atoms with Gasteiger partial charge in [0.1, 0.15) is 17.3 Å². The number of hydrogen-bond acceptors (Lipinski definition) is 15. The van der Waals surface area contributed by atoms with Crippen molar-refractivity contribution in [2.24, 2.45) is 9.98 Å². The molecule has 15 nitrogen and oxygen atoms in total. The second-order valence-electron chi connectivity index (χ2n) is 37.5. The summed E-state index contributed by atoms with van der Waals surface area (Å²) in [6, 6.07) is 105. The van der Waals surface area contributed by atoms with Crippen LogP contribution in [0.1, 0.15) is 181 Å². The summed E-state index contributed by atoms with van der Waals surface area (Å²) in [6.45, 7) is 32.7. The Kier molecular flexibility index (Phi) is 45.4. The minimum Gasteiger partial charge on any atom is -0.512 e. The molecule has 22 heteroatoms. The number of carbonyl (C=O) groups excluding carboxylic acids is 4. The number of aliphatic imine (C=N–C) groups is 2. The van der Waals surface area contributed by atoms with Crippen molar-refractivity contribution in [2.75, 3.05) is 0 Å². The van der Waals surface area contributed by atoms with E-state index in [1.807, 2.05) is 158 Å². The first-order valence-corrected chi connectivity index (χ1v) is 45.6. The van der Waals surface area contributed by atoms with Crippen LogP contribution in [-0.4, -0.2) is 81.0 Å². The summed E-state index contributed by atoms with van der Waals surface area (Å²) in [4.78, 5) is 69.3. The number of nitrogens with zero attached hydrogens (tertiary/aromatic N) is 6. The van der Waals surface area contributed by atoms with E-state index in [9.17, 15) is 38.2 Å². The third-order valence-electron chi connectivity index (χ3n) is 22.4. The van der Waals surface area contributed by atoms with E-state index >= 15 is 0 Å². The molecule has 0 unspecified atom stereocenters. The normalized spacial score (nSPS) is 12.4. The molecule has 0 spiro atoms. The predicted molar refractivity (Wildman–Crippen MR) is 558 cm³/mol. The van der Waals surface area contributed by atoms with Crippen LogP contribution in [0.25, 0.3) is 99.4 Å². The molecule has 0 fully saturated rings. The number of allylic oxidation sites excluding steroid dienone is 6. The van der Waals surface area contributed by atoms with E-state index in [4.69, 9.17) is 30.3 Å². The van der Waals surface area contributed by atoms with E-state index in [2.05, 4.69) is 219 Å². The van der Waals surface area contributed by atoms with Gasteiger partial charge < -0.3 is 40.5 Å². The van der Waals surface area contributed by atoms with Crippen LogP contribution in [0, 0.1) is 24.3 Å². The summed E-state index contributed by atoms with van der Waals surface area (Å²) in [5.41, 5.74) is 16.7. The average Bonchev–Trinajstić information content (AvgIpc) is 0.720. The molecule has 2 aliphatic carbocycles. The summed E-state index contributed by atoms with van der Waals surface area (Å²) in [5, 5.41) is 55.5. The summed E-state index contributed by atoms with van der Waals surface area (Å²) in [7, 11) is 0. The topological polar surface area (TPSA) is 246 Å². The maximum absolute atomic E-state index is 14.6. The van der Waals surface area contributed by atoms with Gasteiger partial charge in [-0.15, -0.1) is 137 Å². The monoisotopic (exact) mass is 2800 g/mol. The molecule has 0 saturated heterocycles. The molecule has 18 rings (SSSR count). The van der Waals surface area contributed by atoms with Crippen molar-refractivity contribution in [2.45, 2.75) is 165 Å². The molecular weight excluding hydrogens is 2680 g/mol. The molecule has 0 amide bonds. The van der Waals surface area contributed by atoms with Crippen molar-refractivity contribution < 1.29 is 155 Å². The molecule has 0 atom stereocenters. The Morgan fingerprint density at radius 3 is 1.38 bits per heavy atom. The number of halogens is 2. The minimum atomic E-state index is -3.00. The molecule has 12 aromatic carbocycles. The zero-order chi connectivity index (χ0) is 99.8. The van der Waals surface area contributed by atoms with Gasteiger partial charge in [0.15, 0.2) is 23.1 Å². The first-order chi connectivity index (χ1) is 65.6. The number of ketones is 4. The van der Waals surface area contributed by atoms with Crippen LogP contribution in [0.4, 0.5) is 20.2 Å². The van der Waals surface area contributed by atoms with Crippen molar-refractivity contribution in [1.82, 2.24) is 19.9 Å². The van der Waals surface area contributed by atoms with Crippen LogP contribution in [-0.2, 0) is 148 Å². The molecule has 4 radical (unpaired) electrons. The zero-order valence-electron chi connectivity index (χ0n) is 82.8. The number of aromatic hydroxyl groups is 2. The SMILES string of the molecule is CC(=O)C1=C(O)CCCC1=O.CC(=O)C=C(C)O.CC(=O)C=C(C)O.CC(C)(C)c1cc(C=Nc2ccccc2N=Cc2cc(C(C)(C)C)cc(C(C)(C)C)c2O)c(O)c(C(C)(C)C)c1.FC1(F)c2ccc[c-]c2-c2nccc3cccc1c23.[Ir].[Ir].[Ir].[Ir].[Pt].[c-]1ccc(-c2ccccc2)cc1-c1ccccn1.[c-]1ccccc1-c1nc2ccccc2c2ccccc12.[c-]1ccccc1-c1nccc2ccccc12. The molecule has 4 heterocycles. The number of aliphatic hydroxyl groups is 3. The van der Waals surface area contributed by atoms with Crippen LogP contribution >= 0.6 is 0 Å². The minimum absolute atomic E-state index is 0. The predicted octanol–water partition coefficient (Wildman–Crippen LogP) is 29.9. The number of Topliss-reactive ketones (excluding diaryl/α,β-unsaturated/α-hetero) is 2. The quantitative estimate of drug-likeness (QED) is 0.0202. The standard InChI is InChI=1S/C36H48N2O2.C19H12N.C17H12N.C16H8F2N.C15H10N.C8H10O3.2C5H8O2.4Ir.Pt/c1-33(2,3)25-17-23(31(39)27(19-25)35(7,8)9)21-37-29-15-13-14-16-30(29)38-22-24-18-26(34(4,5)6)20-28(32(24)40)36(10,11)12;1-2-8-14(9-3-1)19-17-12-5-4-10-15(17)16-11-6-7-13-18(16)20-19;1-2-7-14(8-3-1)15-9-6-10-16(13-15)17-11-4-5-12-18-17;17-16(18)12-6-2-1-5-11(12)15-14-10(8-9-19-15)4-3-7-13(14)16;1-2-7-13(8-3-1)15-14-9-5-4-6-12(14)10-11-16-15;1-5(9)8-6(10)3-2-4-7(8)11;2*1-4(6)3-5(2)7;;;;;/h13-22,39-40H,1-12H3;1-8,10-13H;1-9,11-13H;1-4,6-9H;1-7,9-11H;10H,2-4H2,1H3;2*3,6H,1-2H3;;;;;/q;4*-1;;;;;;;;. The number of aliphatic hydroxyl groups excluding tert-OH is 3. The summed E-state index contributed by atoms with van der Waals surface area (Å²) in [5.74, 6) is -3.20. The Balaban J connectivity index is 0.000000263. The van der Waals surface area contributed by atoms with E-state index in [0.29, 0.717) is 58.4 Å². The van der Waals surface area contributed by atoms with Gasteiger partial charge in [-0.2, -0.15) is 0 Å². The Labute approximate surface area is 906 Å². The molecule has 5 N–H and O–H groups in total. The number of pyridine rings is 4. The van der Waals surface area contributed by atoms with Gasteiger partial charge in [0.2, 0.25) is 0 Å². The van der Waals surface area contributed by atoms with E-state index in [0.717, 1.165) is 66.9 Å². The number of phenolic OH excluding ortho intramolecular Hbond substituents is 2. The summed E-state index contributed by atoms with van der Waals surface area (Å²) in [6.07, 6.45) is 12.6. The van der Waals surface area contributed by atoms with Gasteiger partial charge in [0.05, 0.1) is 34.0 Å². The number of alkyl halides is 2. The Bertz CT molecular complexity index is 7010. The first kappa shape index (κ1) is 119. The molecule has 143 heavy (non-hydrogen) atoms. The second-order valence-corrected chi connectivity index (χ2v) is 37.5. The molecule has 4 aromatic heterocycles. The van der Waals surface area contributed by atoms with Crippen molar-refractivity contribution in [3.05, 3.63) is 407 Å². The fraction of sp³-hybridized carbons (Fsp3) is 0.207. The maximum atomic E-state index is 14.6. The Hall–Kier alpha value is -12.3. The van der Waals surface area contributed by atoms with Crippen LogP contribution in [0.2, 0.25) is 0 Å². The second kappa shape index (κ2) is 54.4. The Morgan fingerprint density at radius 1 is 0.413 bits per heavy atom. The number of hydrogen-bond donors (Lipinski definition) is 5. The number of fused-ring (bicyclic) bond motifs is 6. The number of rotatable bonds is 11. The number of carbonyl (C=O) groups is 4. The number of para-hydroxylation sites is 3. The molecular formula is C121H116F2Ir4N6O9Pt-4. The van der Waals surface area contributed by atoms with Crippen LogP contribution in [0.3, 0.4) is 0 Å². The van der Waals surface area contributed by atoms with Gasteiger partial charge in [-0.1, -0.05) is 240 Å². The molecule has 0 bridgehead atoms. The van der Waals surface area contributed by atoms with Crippen LogP contribution in [0.15, 0.2) is 349 Å². The number of aromatic nitrogens is 4. The third-order valence-corrected chi connectivity index (χ3v) is 22.4. The van der Waals surface area contributed by atoms with Crippen molar-refractivity contribution in [3.63, 3.8) is 0 Å². The summed E-state index contributed by atoms with van der Waals surface area (Å²) < 4.78 is 29.2. The van der Waals surface area contributed by atoms with E-state index < -0.39 is 5.92 Å². The van der Waals surface area contributed by atoms with Crippen molar-refractivity contribution >= 4 is 90.2 Å². The van der Waals surface area contributed by atoms with Crippen LogP contribution < -0.4 is 0 Å². The molecule has 0 saturated carbocycles. The Morgan fingerprint density at radius 2 is 0.881 bits per heavy atom. The van der Waals surface area contributed by atoms with E-state index in [1.54, 1.807) is 49.1 Å². The van der Waals surface area contributed by atoms with E-state index in [-0.39, 0.29) is 192 Å². The molecule has 0 aliphatic heterocycles. The van der Waals surface area contributed by atoms with Crippen molar-refractivity contribution in [1.29, 1.82) is 0 Å². The largest absolute Gasteiger partial charge is 0.512 e. The van der Waals surface area contributed by atoms with E-state index in [1.165, 1.54) is 97.0 Å². The fourth-order valence-corrected chi connectivity index (χ4v) is 15.5. The van der Waals surface area contributed by atoms with Crippen LogP contribution in [0.5, 0.6) is 11.5 Å². The smallest absolute Gasteiger partial charge is 0.266 e. The van der Waals surface area contributed by atoms with Gasteiger partial charge in [-0.25, -0.2) is 8.78 Å². The van der Waals surface area contributed by atoms with Gasteiger partial charge in [0, 0.05) is 191 Å². The zero-order valence-corrected chi connectivity index (χ0v) is 94.6. The number of phenols is 2. The van der Waals surface area contributed by atoms with Gasteiger partial charge in [-0.3, -0.25) is 34.1 Å². The van der Waals surface area contributed by atoms with Crippen molar-refractivity contribution in [3.8, 4) is 67.7 Å². The summed E-state index contributed by atoms with van der Waals surface area (Å²) >= 11 is 0. The van der Waals surface area contributed by atoms with Gasteiger partial charge in [-0.05, 0) is 183 Å². The average molecular weight is 2800 g/mol. The molecule has 748 valence electrons.